The summed E-state index contributed by atoms with van der Waals surface area (Å²) < 4.78 is 5.27. The van der Waals surface area contributed by atoms with Crippen LogP contribution in [0.5, 0.6) is 0 Å². The maximum absolute atomic E-state index is 12.6. The van der Waals surface area contributed by atoms with Gasteiger partial charge in [0.1, 0.15) is 0 Å². The molecule has 0 aliphatic carbocycles. The standard InChI is InChI=1S/C20H26N2O3/c1-16(17-6-3-2-4-7-17)14-19(23)21-9-11-22(12-10-21)20(24)18-8-5-13-25-15-18/h2-4,6-7,15-16H,5,8-14H2,1H3/t16-/m1/s1. The lowest BCUT2D eigenvalue weighted by Gasteiger charge is -2.36. The van der Waals surface area contributed by atoms with Crippen molar-refractivity contribution in [3.8, 4) is 0 Å². The summed E-state index contributed by atoms with van der Waals surface area (Å²) in [5.74, 6) is 0.436. The van der Waals surface area contributed by atoms with E-state index in [1.54, 1.807) is 6.26 Å². The number of carbonyl (C=O) groups excluding carboxylic acids is 2. The van der Waals surface area contributed by atoms with Gasteiger partial charge in [0, 0.05) is 32.6 Å². The lowest BCUT2D eigenvalue weighted by molar-refractivity contribution is -0.138. The summed E-state index contributed by atoms with van der Waals surface area (Å²) in [6, 6.07) is 10.1. The molecule has 0 spiro atoms. The van der Waals surface area contributed by atoms with E-state index in [1.165, 1.54) is 5.56 Å². The summed E-state index contributed by atoms with van der Waals surface area (Å²) in [7, 11) is 0. The van der Waals surface area contributed by atoms with Crippen molar-refractivity contribution < 1.29 is 14.3 Å². The molecule has 5 nitrogen and oxygen atoms in total. The van der Waals surface area contributed by atoms with Gasteiger partial charge in [-0.2, -0.15) is 0 Å². The van der Waals surface area contributed by atoms with Crippen LogP contribution in [0.15, 0.2) is 42.2 Å². The Balaban J connectivity index is 1.49. The lowest BCUT2D eigenvalue weighted by Crippen LogP contribution is -2.51. The molecule has 2 amide bonds. The van der Waals surface area contributed by atoms with Crippen molar-refractivity contribution in [3.05, 3.63) is 47.7 Å². The van der Waals surface area contributed by atoms with Crippen molar-refractivity contribution >= 4 is 11.8 Å². The van der Waals surface area contributed by atoms with Crippen LogP contribution in [-0.2, 0) is 14.3 Å². The molecule has 0 N–H and O–H groups in total. The molecule has 2 aliphatic heterocycles. The number of carbonyl (C=O) groups is 2. The fourth-order valence-electron chi connectivity index (χ4n) is 3.37. The molecule has 5 heteroatoms. The number of rotatable bonds is 4. The summed E-state index contributed by atoms with van der Waals surface area (Å²) >= 11 is 0. The van der Waals surface area contributed by atoms with Crippen LogP contribution in [-0.4, -0.2) is 54.4 Å². The second-order valence-corrected chi connectivity index (χ2v) is 6.81. The predicted octanol–water partition coefficient (Wildman–Crippen LogP) is 2.55. The predicted molar refractivity (Wildman–Crippen MR) is 95.9 cm³/mol. The first kappa shape index (κ1) is 17.5. The Bertz CT molecular complexity index is 634. The van der Waals surface area contributed by atoms with E-state index in [1.807, 2.05) is 28.0 Å². The normalized spacial score (nSPS) is 19.0. The third-order valence-corrected chi connectivity index (χ3v) is 4.98. The summed E-state index contributed by atoms with van der Waals surface area (Å²) in [4.78, 5) is 28.7. The average molecular weight is 342 g/mol. The molecule has 0 radical (unpaired) electrons. The van der Waals surface area contributed by atoms with E-state index >= 15 is 0 Å². The molecule has 1 aromatic rings. The minimum absolute atomic E-state index is 0.0597. The molecule has 134 valence electrons. The van der Waals surface area contributed by atoms with Crippen molar-refractivity contribution in [2.24, 2.45) is 0 Å². The first-order chi connectivity index (χ1) is 12.1. The molecule has 2 heterocycles. The number of benzene rings is 1. The highest BCUT2D eigenvalue weighted by molar-refractivity contribution is 5.93. The third kappa shape index (κ3) is 4.41. The van der Waals surface area contributed by atoms with Gasteiger partial charge in [0.05, 0.1) is 18.4 Å². The zero-order valence-corrected chi connectivity index (χ0v) is 14.8. The summed E-state index contributed by atoms with van der Waals surface area (Å²) in [6.45, 7) is 5.20. The van der Waals surface area contributed by atoms with Crippen LogP contribution < -0.4 is 0 Å². The smallest absolute Gasteiger partial charge is 0.252 e. The SMILES string of the molecule is C[C@H](CC(=O)N1CCN(C(=O)C2=COCCC2)CC1)c1ccccc1. The number of hydrogen-bond donors (Lipinski definition) is 0. The van der Waals surface area contributed by atoms with Gasteiger partial charge in [-0.3, -0.25) is 9.59 Å². The molecule has 1 fully saturated rings. The molecule has 1 atom stereocenters. The van der Waals surface area contributed by atoms with Gasteiger partial charge in [-0.1, -0.05) is 37.3 Å². The monoisotopic (exact) mass is 342 g/mol. The van der Waals surface area contributed by atoms with Gasteiger partial charge < -0.3 is 14.5 Å². The number of ether oxygens (including phenoxy) is 1. The first-order valence-corrected chi connectivity index (χ1v) is 9.08. The van der Waals surface area contributed by atoms with E-state index in [-0.39, 0.29) is 17.7 Å². The van der Waals surface area contributed by atoms with Crippen molar-refractivity contribution in [2.45, 2.75) is 32.1 Å². The highest BCUT2D eigenvalue weighted by atomic mass is 16.5. The summed E-state index contributed by atoms with van der Waals surface area (Å²) in [5, 5.41) is 0. The second kappa shape index (κ2) is 8.19. The van der Waals surface area contributed by atoms with Crippen molar-refractivity contribution in [1.82, 2.24) is 9.80 Å². The Kier molecular flexibility index (Phi) is 5.74. The molecular weight excluding hydrogens is 316 g/mol. The molecular formula is C20H26N2O3. The molecule has 0 saturated carbocycles. The molecule has 1 aromatic carbocycles. The largest absolute Gasteiger partial charge is 0.501 e. The Labute approximate surface area is 149 Å². The van der Waals surface area contributed by atoms with Crippen LogP contribution >= 0.6 is 0 Å². The van der Waals surface area contributed by atoms with Crippen molar-refractivity contribution in [1.29, 1.82) is 0 Å². The van der Waals surface area contributed by atoms with Crippen LogP contribution in [0.25, 0.3) is 0 Å². The number of amides is 2. The van der Waals surface area contributed by atoms with Crippen LogP contribution in [0.4, 0.5) is 0 Å². The second-order valence-electron chi connectivity index (χ2n) is 6.81. The molecule has 0 unspecified atom stereocenters. The topological polar surface area (TPSA) is 49.9 Å². The highest BCUT2D eigenvalue weighted by Gasteiger charge is 2.27. The number of piperazine rings is 1. The maximum Gasteiger partial charge on any atom is 0.252 e. The number of hydrogen-bond acceptors (Lipinski definition) is 3. The molecule has 25 heavy (non-hydrogen) atoms. The van der Waals surface area contributed by atoms with Gasteiger partial charge in [-0.15, -0.1) is 0 Å². The van der Waals surface area contributed by atoms with Crippen LogP contribution in [0.1, 0.15) is 37.7 Å². The van der Waals surface area contributed by atoms with Crippen molar-refractivity contribution in [2.75, 3.05) is 32.8 Å². The molecule has 0 aromatic heterocycles. The molecule has 3 rings (SSSR count). The van der Waals surface area contributed by atoms with E-state index in [4.69, 9.17) is 4.74 Å². The van der Waals surface area contributed by atoms with Crippen LogP contribution in [0, 0.1) is 0 Å². The van der Waals surface area contributed by atoms with Crippen LogP contribution in [0.3, 0.4) is 0 Å². The van der Waals surface area contributed by atoms with E-state index in [0.717, 1.165) is 18.4 Å². The fourth-order valence-corrected chi connectivity index (χ4v) is 3.37. The van der Waals surface area contributed by atoms with Crippen LogP contribution in [0.2, 0.25) is 0 Å². The van der Waals surface area contributed by atoms with E-state index in [9.17, 15) is 9.59 Å². The third-order valence-electron chi connectivity index (χ3n) is 4.98. The summed E-state index contributed by atoms with van der Waals surface area (Å²) in [5.41, 5.74) is 1.94. The Morgan fingerprint density at radius 3 is 2.40 bits per heavy atom. The van der Waals surface area contributed by atoms with E-state index in [2.05, 4.69) is 19.1 Å². The van der Waals surface area contributed by atoms with Gasteiger partial charge in [0.25, 0.3) is 5.91 Å². The Morgan fingerprint density at radius 1 is 1.08 bits per heavy atom. The zero-order chi connectivity index (χ0) is 17.6. The van der Waals surface area contributed by atoms with Crippen molar-refractivity contribution in [3.63, 3.8) is 0 Å². The van der Waals surface area contributed by atoms with E-state index < -0.39 is 0 Å². The Morgan fingerprint density at radius 2 is 1.76 bits per heavy atom. The first-order valence-electron chi connectivity index (χ1n) is 9.08. The highest BCUT2D eigenvalue weighted by Crippen LogP contribution is 2.21. The molecule has 1 saturated heterocycles. The minimum Gasteiger partial charge on any atom is -0.501 e. The van der Waals surface area contributed by atoms with Gasteiger partial charge in [-0.25, -0.2) is 0 Å². The van der Waals surface area contributed by atoms with Gasteiger partial charge >= 0.3 is 0 Å². The Hall–Kier alpha value is -2.30. The number of nitrogens with zero attached hydrogens (tertiary/aromatic N) is 2. The fraction of sp³-hybridized carbons (Fsp3) is 0.500. The van der Waals surface area contributed by atoms with Gasteiger partial charge in [0.2, 0.25) is 5.91 Å². The van der Waals surface area contributed by atoms with Gasteiger partial charge in [-0.05, 0) is 24.3 Å². The summed E-state index contributed by atoms with van der Waals surface area (Å²) in [6.07, 6.45) is 3.79. The average Bonchev–Trinajstić information content (AvgIpc) is 2.69. The zero-order valence-electron chi connectivity index (χ0n) is 14.8. The quantitative estimate of drug-likeness (QED) is 0.845. The van der Waals surface area contributed by atoms with E-state index in [0.29, 0.717) is 39.2 Å². The van der Waals surface area contributed by atoms with Gasteiger partial charge in [0.15, 0.2) is 0 Å². The molecule has 0 bridgehead atoms. The maximum atomic E-state index is 12.6. The lowest BCUT2D eigenvalue weighted by atomic mass is 9.97. The molecule has 2 aliphatic rings. The minimum atomic E-state index is 0.0597.